The van der Waals surface area contributed by atoms with Crippen LogP contribution < -0.4 is 10.5 Å². The summed E-state index contributed by atoms with van der Waals surface area (Å²) >= 11 is 0. The molecule has 112 valence electrons. The van der Waals surface area contributed by atoms with Gasteiger partial charge in [-0.2, -0.15) is 0 Å². The van der Waals surface area contributed by atoms with Crippen LogP contribution in [0.1, 0.15) is 31.7 Å². The number of benzene rings is 1. The van der Waals surface area contributed by atoms with Crippen LogP contribution in [0.3, 0.4) is 0 Å². The molecule has 0 aliphatic carbocycles. The molecule has 0 aromatic heterocycles. The van der Waals surface area contributed by atoms with Crippen molar-refractivity contribution in [2.75, 3.05) is 13.7 Å². The van der Waals surface area contributed by atoms with Crippen molar-refractivity contribution in [1.29, 1.82) is 0 Å². The van der Waals surface area contributed by atoms with Crippen molar-refractivity contribution in [3.8, 4) is 5.75 Å². The van der Waals surface area contributed by atoms with Gasteiger partial charge in [0.1, 0.15) is 11.6 Å². The summed E-state index contributed by atoms with van der Waals surface area (Å²) in [6.07, 6.45) is 2.25. The van der Waals surface area contributed by atoms with E-state index in [9.17, 15) is 9.18 Å². The summed E-state index contributed by atoms with van der Waals surface area (Å²) < 4.78 is 23.4. The van der Waals surface area contributed by atoms with Gasteiger partial charge in [-0.05, 0) is 43.0 Å². The normalized spacial score (nSPS) is 12.0. The molecule has 1 unspecified atom stereocenters. The summed E-state index contributed by atoms with van der Waals surface area (Å²) in [5.41, 5.74) is 6.66. The minimum Gasteiger partial charge on any atom is -0.493 e. The lowest BCUT2D eigenvalue weighted by molar-refractivity contribution is -0.140. The Bertz CT molecular complexity index is 437. The zero-order valence-corrected chi connectivity index (χ0v) is 12.0. The van der Waals surface area contributed by atoms with Crippen LogP contribution in [-0.2, 0) is 16.0 Å². The first-order valence-corrected chi connectivity index (χ1v) is 6.80. The molecule has 4 nitrogen and oxygen atoms in total. The van der Waals surface area contributed by atoms with Crippen LogP contribution in [0.2, 0.25) is 0 Å². The van der Waals surface area contributed by atoms with Gasteiger partial charge in [-0.3, -0.25) is 4.79 Å². The van der Waals surface area contributed by atoms with Gasteiger partial charge in [-0.15, -0.1) is 0 Å². The molecule has 0 radical (unpaired) electrons. The fourth-order valence-corrected chi connectivity index (χ4v) is 1.78. The summed E-state index contributed by atoms with van der Waals surface area (Å²) in [4.78, 5) is 11.0. The van der Waals surface area contributed by atoms with Crippen molar-refractivity contribution >= 4 is 5.97 Å². The van der Waals surface area contributed by atoms with Crippen LogP contribution in [0.4, 0.5) is 4.39 Å². The maximum atomic E-state index is 13.3. The highest BCUT2D eigenvalue weighted by atomic mass is 19.1. The highest BCUT2D eigenvalue weighted by Gasteiger charge is 2.10. The molecule has 0 bridgehead atoms. The molecular formula is C15H22FNO3. The van der Waals surface area contributed by atoms with Crippen molar-refractivity contribution in [3.05, 3.63) is 29.6 Å². The number of ether oxygens (including phenoxy) is 2. The summed E-state index contributed by atoms with van der Waals surface area (Å²) in [6, 6.07) is 4.39. The molecule has 1 aromatic rings. The minimum absolute atomic E-state index is 0.0192. The highest BCUT2D eigenvalue weighted by Crippen LogP contribution is 2.22. The molecule has 2 N–H and O–H groups in total. The lowest BCUT2D eigenvalue weighted by Gasteiger charge is -2.14. The average Bonchev–Trinajstić information content (AvgIpc) is 2.44. The van der Waals surface area contributed by atoms with Gasteiger partial charge in [-0.1, -0.05) is 6.92 Å². The van der Waals surface area contributed by atoms with Gasteiger partial charge in [0.15, 0.2) is 0 Å². The van der Waals surface area contributed by atoms with E-state index >= 15 is 0 Å². The quantitative estimate of drug-likeness (QED) is 0.588. The molecule has 5 heteroatoms. The Balaban J connectivity index is 2.57. The van der Waals surface area contributed by atoms with Gasteiger partial charge in [-0.25, -0.2) is 4.39 Å². The smallest absolute Gasteiger partial charge is 0.305 e. The molecule has 1 rings (SSSR count). The monoisotopic (exact) mass is 283 g/mol. The Morgan fingerprint density at radius 3 is 2.85 bits per heavy atom. The minimum atomic E-state index is -0.301. The second-order valence-electron chi connectivity index (χ2n) is 4.65. The van der Waals surface area contributed by atoms with E-state index in [0.717, 1.165) is 12.0 Å². The molecule has 0 saturated carbocycles. The molecule has 1 atom stereocenters. The van der Waals surface area contributed by atoms with Crippen LogP contribution in [0.5, 0.6) is 5.75 Å². The number of rotatable bonds is 8. The first-order chi connectivity index (χ1) is 9.56. The zero-order valence-electron chi connectivity index (χ0n) is 12.0. The van der Waals surface area contributed by atoms with Crippen LogP contribution in [-0.4, -0.2) is 25.7 Å². The molecule has 0 heterocycles. The lowest BCUT2D eigenvalue weighted by atomic mass is 10.0. The maximum absolute atomic E-state index is 13.3. The van der Waals surface area contributed by atoms with Gasteiger partial charge in [0.05, 0.1) is 13.7 Å². The number of carbonyl (C=O) groups is 1. The maximum Gasteiger partial charge on any atom is 0.305 e. The number of nitrogens with two attached hydrogens (primary N) is 1. The number of carbonyl (C=O) groups excluding carboxylic acids is 1. The van der Waals surface area contributed by atoms with E-state index in [1.165, 1.54) is 19.2 Å². The molecule has 0 aliphatic rings. The SMILES string of the molecule is CCC(N)Cc1cc(F)ccc1OCCCC(=O)OC. The van der Waals surface area contributed by atoms with Crippen LogP contribution in [0.15, 0.2) is 18.2 Å². The van der Waals surface area contributed by atoms with E-state index in [1.807, 2.05) is 6.92 Å². The topological polar surface area (TPSA) is 61.5 Å². The summed E-state index contributed by atoms with van der Waals surface area (Å²) in [5.74, 6) is 0.0614. The first-order valence-electron chi connectivity index (χ1n) is 6.80. The van der Waals surface area contributed by atoms with Crippen LogP contribution in [0.25, 0.3) is 0 Å². The molecule has 20 heavy (non-hydrogen) atoms. The fraction of sp³-hybridized carbons (Fsp3) is 0.533. The Labute approximate surface area is 119 Å². The summed E-state index contributed by atoms with van der Waals surface area (Å²) in [7, 11) is 1.35. The predicted molar refractivity (Wildman–Crippen MR) is 75.1 cm³/mol. The van der Waals surface area contributed by atoms with Crippen molar-refractivity contribution < 1.29 is 18.7 Å². The third-order valence-electron chi connectivity index (χ3n) is 3.04. The zero-order chi connectivity index (χ0) is 15.0. The first kappa shape index (κ1) is 16.4. The van der Waals surface area contributed by atoms with Crippen molar-refractivity contribution in [3.63, 3.8) is 0 Å². The standard InChI is InChI=1S/C15H22FNO3/c1-3-13(17)10-11-9-12(16)6-7-14(11)20-8-4-5-15(18)19-2/h6-7,9,13H,3-5,8,10,17H2,1-2H3. The summed E-state index contributed by atoms with van der Waals surface area (Å²) in [5, 5.41) is 0. The van der Waals surface area contributed by atoms with E-state index in [4.69, 9.17) is 10.5 Å². The fourth-order valence-electron chi connectivity index (χ4n) is 1.78. The van der Waals surface area contributed by atoms with Crippen molar-refractivity contribution in [2.45, 2.75) is 38.6 Å². The molecule has 0 spiro atoms. The Hall–Kier alpha value is -1.62. The predicted octanol–water partition coefficient (Wildman–Crippen LogP) is 2.44. The molecule has 1 aromatic carbocycles. The lowest BCUT2D eigenvalue weighted by Crippen LogP contribution is -2.22. The molecular weight excluding hydrogens is 261 g/mol. The molecule has 0 amide bonds. The van der Waals surface area contributed by atoms with Crippen molar-refractivity contribution in [1.82, 2.24) is 0 Å². The highest BCUT2D eigenvalue weighted by molar-refractivity contribution is 5.69. The van der Waals surface area contributed by atoms with E-state index in [1.54, 1.807) is 6.07 Å². The number of hydrogen-bond donors (Lipinski definition) is 1. The molecule has 0 aliphatic heterocycles. The van der Waals surface area contributed by atoms with E-state index in [2.05, 4.69) is 4.74 Å². The Morgan fingerprint density at radius 1 is 1.45 bits per heavy atom. The summed E-state index contributed by atoms with van der Waals surface area (Å²) in [6.45, 7) is 2.37. The third kappa shape index (κ3) is 5.57. The van der Waals surface area contributed by atoms with Gasteiger partial charge in [0, 0.05) is 12.5 Å². The van der Waals surface area contributed by atoms with Crippen molar-refractivity contribution in [2.24, 2.45) is 5.73 Å². The number of halogens is 1. The third-order valence-corrected chi connectivity index (χ3v) is 3.04. The van der Waals surface area contributed by atoms with Gasteiger partial charge < -0.3 is 15.2 Å². The number of esters is 1. The second-order valence-corrected chi connectivity index (χ2v) is 4.65. The van der Waals surface area contributed by atoms with Crippen LogP contribution >= 0.6 is 0 Å². The Morgan fingerprint density at radius 2 is 2.20 bits per heavy atom. The van der Waals surface area contributed by atoms with Gasteiger partial charge >= 0.3 is 5.97 Å². The van der Waals surface area contributed by atoms with E-state index in [0.29, 0.717) is 31.6 Å². The number of hydrogen-bond acceptors (Lipinski definition) is 4. The second kappa shape index (κ2) is 8.53. The van der Waals surface area contributed by atoms with E-state index in [-0.39, 0.29) is 17.8 Å². The molecule has 0 saturated heterocycles. The van der Waals surface area contributed by atoms with Gasteiger partial charge in [0.25, 0.3) is 0 Å². The molecule has 0 fully saturated rings. The average molecular weight is 283 g/mol. The van der Waals surface area contributed by atoms with E-state index < -0.39 is 0 Å². The Kier molecular flexibility index (Phi) is 7.01. The van der Waals surface area contributed by atoms with Gasteiger partial charge in [0.2, 0.25) is 0 Å². The largest absolute Gasteiger partial charge is 0.493 e. The van der Waals surface area contributed by atoms with Crippen LogP contribution in [0, 0.1) is 5.82 Å². The number of methoxy groups -OCH3 is 1.